The quantitative estimate of drug-likeness (QED) is 0.658. The van der Waals surface area contributed by atoms with Crippen molar-refractivity contribution in [2.45, 2.75) is 12.5 Å². The topological polar surface area (TPSA) is 73.9 Å². The van der Waals surface area contributed by atoms with Crippen molar-refractivity contribution in [1.29, 1.82) is 0 Å². The van der Waals surface area contributed by atoms with Gasteiger partial charge in [0.05, 0.1) is 0 Å². The van der Waals surface area contributed by atoms with Crippen molar-refractivity contribution in [2.24, 2.45) is 5.73 Å². The SMILES string of the molecule is CO.CO[Si](CCCN)(OC)OC.Cl. The maximum atomic E-state index is 7.00. The summed E-state index contributed by atoms with van der Waals surface area (Å²) in [5.41, 5.74) is 5.36. The van der Waals surface area contributed by atoms with Crippen LogP contribution in [0.1, 0.15) is 6.42 Å². The van der Waals surface area contributed by atoms with E-state index in [1.54, 1.807) is 21.3 Å². The van der Waals surface area contributed by atoms with E-state index in [9.17, 15) is 0 Å². The molecule has 0 bridgehead atoms. The summed E-state index contributed by atoms with van der Waals surface area (Å²) < 4.78 is 15.5. The van der Waals surface area contributed by atoms with Crippen molar-refractivity contribution in [2.75, 3.05) is 35.0 Å². The molecule has 5 nitrogen and oxygen atoms in total. The van der Waals surface area contributed by atoms with Crippen LogP contribution in [0.5, 0.6) is 0 Å². The van der Waals surface area contributed by atoms with Crippen molar-refractivity contribution >= 4 is 21.2 Å². The first-order valence-electron chi connectivity index (χ1n) is 4.05. The van der Waals surface area contributed by atoms with Gasteiger partial charge in [0.1, 0.15) is 0 Å². The summed E-state index contributed by atoms with van der Waals surface area (Å²) in [5.74, 6) is 0. The molecule has 0 amide bonds. The van der Waals surface area contributed by atoms with Crippen molar-refractivity contribution in [3.05, 3.63) is 0 Å². The fraction of sp³-hybridized carbons (Fsp3) is 1.00. The van der Waals surface area contributed by atoms with Gasteiger partial charge in [0.15, 0.2) is 0 Å². The highest BCUT2D eigenvalue weighted by Gasteiger charge is 2.36. The molecular weight excluding hydrogens is 226 g/mol. The lowest BCUT2D eigenvalue weighted by Crippen LogP contribution is -2.42. The first-order chi connectivity index (χ1) is 6.24. The first-order valence-corrected chi connectivity index (χ1v) is 5.98. The molecule has 0 aromatic rings. The van der Waals surface area contributed by atoms with Gasteiger partial charge in [-0.2, -0.15) is 0 Å². The van der Waals surface area contributed by atoms with Gasteiger partial charge < -0.3 is 24.1 Å². The smallest absolute Gasteiger partial charge is 0.400 e. The van der Waals surface area contributed by atoms with Gasteiger partial charge in [-0.1, -0.05) is 0 Å². The van der Waals surface area contributed by atoms with Crippen molar-refractivity contribution < 1.29 is 18.4 Å². The number of nitrogens with two attached hydrogens (primary N) is 1. The van der Waals surface area contributed by atoms with Crippen LogP contribution in [0, 0.1) is 0 Å². The molecular formula is C7H22ClNO4Si. The van der Waals surface area contributed by atoms with Crippen LogP contribution < -0.4 is 5.73 Å². The monoisotopic (exact) mass is 247 g/mol. The van der Waals surface area contributed by atoms with E-state index in [4.69, 9.17) is 24.1 Å². The Bertz CT molecular complexity index is 97.4. The fourth-order valence-corrected chi connectivity index (χ4v) is 2.62. The second-order valence-electron chi connectivity index (χ2n) is 2.19. The van der Waals surface area contributed by atoms with Crippen molar-refractivity contribution in [3.63, 3.8) is 0 Å². The predicted octanol–water partition coefficient (Wildman–Crippen LogP) is 0.244. The lowest BCUT2D eigenvalue weighted by Gasteiger charge is -2.23. The third-order valence-electron chi connectivity index (χ3n) is 1.62. The van der Waals surface area contributed by atoms with Gasteiger partial charge >= 0.3 is 8.80 Å². The Labute approximate surface area is 93.3 Å². The normalized spacial score (nSPS) is 9.86. The lowest BCUT2D eigenvalue weighted by molar-refractivity contribution is 0.123. The summed E-state index contributed by atoms with van der Waals surface area (Å²) in [6, 6.07) is 0.785. The molecule has 0 rings (SSSR count). The summed E-state index contributed by atoms with van der Waals surface area (Å²) in [6.45, 7) is 0.644. The molecule has 14 heavy (non-hydrogen) atoms. The molecule has 0 spiro atoms. The zero-order valence-corrected chi connectivity index (χ0v) is 11.1. The van der Waals surface area contributed by atoms with E-state index < -0.39 is 8.80 Å². The average molecular weight is 248 g/mol. The van der Waals surface area contributed by atoms with Crippen LogP contribution in [0.2, 0.25) is 6.04 Å². The molecule has 0 aliphatic carbocycles. The van der Waals surface area contributed by atoms with Gasteiger partial charge in [0.2, 0.25) is 0 Å². The number of hydrogen-bond acceptors (Lipinski definition) is 5. The Kier molecular flexibility index (Phi) is 18.8. The lowest BCUT2D eigenvalue weighted by atomic mass is 10.5. The summed E-state index contributed by atoms with van der Waals surface area (Å²) >= 11 is 0. The molecule has 0 aliphatic heterocycles. The van der Waals surface area contributed by atoms with E-state index in [0.29, 0.717) is 6.54 Å². The van der Waals surface area contributed by atoms with E-state index in [0.717, 1.165) is 19.6 Å². The Morgan fingerprint density at radius 1 is 1.07 bits per heavy atom. The van der Waals surface area contributed by atoms with Crippen molar-refractivity contribution in [3.8, 4) is 0 Å². The third-order valence-corrected chi connectivity index (χ3v) is 4.45. The highest BCUT2D eigenvalue weighted by Crippen LogP contribution is 2.13. The second-order valence-corrected chi connectivity index (χ2v) is 5.28. The van der Waals surface area contributed by atoms with Gasteiger partial charge in [-0.15, -0.1) is 12.4 Å². The molecule has 0 saturated heterocycles. The largest absolute Gasteiger partial charge is 0.500 e. The Hall–Kier alpha value is 0.307. The molecule has 90 valence electrons. The van der Waals surface area contributed by atoms with E-state index in [2.05, 4.69) is 0 Å². The number of aliphatic hydroxyl groups excluding tert-OH is 1. The molecule has 0 unspecified atom stereocenters. The zero-order valence-electron chi connectivity index (χ0n) is 9.28. The molecule has 0 radical (unpaired) electrons. The van der Waals surface area contributed by atoms with Crippen LogP contribution in [-0.2, 0) is 13.3 Å². The minimum atomic E-state index is -2.32. The van der Waals surface area contributed by atoms with E-state index in [1.165, 1.54) is 0 Å². The zero-order chi connectivity index (χ0) is 10.7. The minimum absolute atomic E-state index is 0. The molecule has 0 heterocycles. The van der Waals surface area contributed by atoms with Crippen LogP contribution in [0.25, 0.3) is 0 Å². The van der Waals surface area contributed by atoms with E-state index in [1.807, 2.05) is 0 Å². The van der Waals surface area contributed by atoms with Gasteiger partial charge in [-0.05, 0) is 13.0 Å². The molecule has 0 aromatic heterocycles. The van der Waals surface area contributed by atoms with Crippen LogP contribution >= 0.6 is 12.4 Å². The molecule has 0 fully saturated rings. The maximum absolute atomic E-state index is 7.00. The highest BCUT2D eigenvalue weighted by atomic mass is 35.5. The van der Waals surface area contributed by atoms with Gasteiger partial charge in [-0.3, -0.25) is 0 Å². The summed E-state index contributed by atoms with van der Waals surface area (Å²) in [6.07, 6.45) is 0.877. The summed E-state index contributed by atoms with van der Waals surface area (Å²) in [4.78, 5) is 0. The molecule has 3 N–H and O–H groups in total. The van der Waals surface area contributed by atoms with Crippen LogP contribution in [0.4, 0.5) is 0 Å². The van der Waals surface area contributed by atoms with E-state index in [-0.39, 0.29) is 12.4 Å². The van der Waals surface area contributed by atoms with Crippen LogP contribution in [0.3, 0.4) is 0 Å². The molecule has 0 aliphatic rings. The number of rotatable bonds is 6. The average Bonchev–Trinajstić information content (AvgIpc) is 2.24. The van der Waals surface area contributed by atoms with Crippen LogP contribution in [0.15, 0.2) is 0 Å². The Morgan fingerprint density at radius 3 is 1.64 bits per heavy atom. The fourth-order valence-electron chi connectivity index (χ4n) is 0.875. The Balaban J connectivity index is -0.000000376. The molecule has 0 saturated carbocycles. The first kappa shape index (κ1) is 19.8. The number of halogens is 1. The van der Waals surface area contributed by atoms with Gasteiger partial charge in [0, 0.05) is 34.5 Å². The van der Waals surface area contributed by atoms with Gasteiger partial charge in [0.25, 0.3) is 0 Å². The minimum Gasteiger partial charge on any atom is -0.400 e. The molecule has 7 heteroatoms. The standard InChI is InChI=1S/C6H17NO3Si.CH4O.ClH/c1-8-11(9-2,10-3)6-4-5-7;1-2;/h4-7H2,1-3H3;2H,1H3;1H. The van der Waals surface area contributed by atoms with Crippen molar-refractivity contribution in [1.82, 2.24) is 0 Å². The molecule has 0 atom stereocenters. The number of aliphatic hydroxyl groups is 1. The maximum Gasteiger partial charge on any atom is 0.500 e. The van der Waals surface area contributed by atoms with Gasteiger partial charge in [-0.25, -0.2) is 0 Å². The van der Waals surface area contributed by atoms with E-state index >= 15 is 0 Å². The second kappa shape index (κ2) is 13.3. The Morgan fingerprint density at radius 2 is 1.43 bits per heavy atom. The number of hydrogen-bond donors (Lipinski definition) is 2. The molecule has 0 aromatic carbocycles. The highest BCUT2D eigenvalue weighted by molar-refractivity contribution is 6.60. The third kappa shape index (κ3) is 7.69. The summed E-state index contributed by atoms with van der Waals surface area (Å²) in [5, 5.41) is 7.00. The predicted molar refractivity (Wildman–Crippen MR) is 60.7 cm³/mol. The summed E-state index contributed by atoms with van der Waals surface area (Å²) in [7, 11) is 3.50. The van der Waals surface area contributed by atoms with Crippen LogP contribution in [-0.4, -0.2) is 48.9 Å².